The topological polar surface area (TPSA) is 66.5 Å². The lowest BCUT2D eigenvalue weighted by Crippen LogP contribution is -2.43. The third-order valence-electron chi connectivity index (χ3n) is 4.22. The van der Waals surface area contributed by atoms with Crippen LogP contribution in [0.1, 0.15) is 18.4 Å². The number of nitrogens with zero attached hydrogens (tertiary/aromatic N) is 1. The quantitative estimate of drug-likeness (QED) is 0.909. The van der Waals surface area contributed by atoms with Crippen LogP contribution in [-0.4, -0.2) is 31.2 Å². The molecule has 3 rings (SSSR count). The number of nitrogens with one attached hydrogen (secondary N) is 1. The number of amides is 1. The van der Waals surface area contributed by atoms with E-state index >= 15 is 0 Å². The Morgan fingerprint density at radius 2 is 1.96 bits per heavy atom. The molecule has 0 aromatic heterocycles. The average molecular weight is 362 g/mol. The molecule has 1 saturated heterocycles. The summed E-state index contributed by atoms with van der Waals surface area (Å²) in [6.45, 7) is 2.10. The first-order valence-electron chi connectivity index (χ1n) is 8.03. The number of rotatable bonds is 4. The van der Waals surface area contributed by atoms with Crippen molar-refractivity contribution in [3.8, 4) is 0 Å². The van der Waals surface area contributed by atoms with E-state index in [0.29, 0.717) is 18.5 Å². The van der Waals surface area contributed by atoms with Crippen LogP contribution in [-0.2, 0) is 14.8 Å². The van der Waals surface area contributed by atoms with Crippen molar-refractivity contribution in [2.24, 2.45) is 0 Å². The Kier molecular flexibility index (Phi) is 4.87. The highest BCUT2D eigenvalue weighted by Gasteiger charge is 2.40. The molecule has 1 N–H and O–H groups in total. The van der Waals surface area contributed by atoms with Gasteiger partial charge in [-0.25, -0.2) is 12.8 Å². The molecular formula is C18H19FN2O3S. The molecule has 1 fully saturated rings. The third kappa shape index (κ3) is 3.57. The summed E-state index contributed by atoms with van der Waals surface area (Å²) in [5.74, 6) is -1.21. The zero-order chi connectivity index (χ0) is 18.0. The summed E-state index contributed by atoms with van der Waals surface area (Å²) in [6, 6.07) is 11.6. The van der Waals surface area contributed by atoms with Crippen LogP contribution in [0.15, 0.2) is 53.4 Å². The van der Waals surface area contributed by atoms with Crippen LogP contribution in [0.2, 0.25) is 0 Å². The van der Waals surface area contributed by atoms with Crippen molar-refractivity contribution in [3.05, 3.63) is 59.9 Å². The lowest BCUT2D eigenvalue weighted by atomic mass is 10.2. The number of carbonyl (C=O) groups excluding carboxylic acids is 1. The third-order valence-corrected chi connectivity index (χ3v) is 6.16. The van der Waals surface area contributed by atoms with Crippen LogP contribution in [0, 0.1) is 12.7 Å². The summed E-state index contributed by atoms with van der Waals surface area (Å²) in [5.41, 5.74) is 1.60. The maximum absolute atomic E-state index is 14.0. The summed E-state index contributed by atoms with van der Waals surface area (Å²) in [4.78, 5) is 12.2. The molecular weight excluding hydrogens is 343 g/mol. The van der Waals surface area contributed by atoms with Gasteiger partial charge < -0.3 is 5.32 Å². The van der Waals surface area contributed by atoms with Gasteiger partial charge in [-0.1, -0.05) is 24.3 Å². The largest absolute Gasteiger partial charge is 0.325 e. The van der Waals surface area contributed by atoms with Gasteiger partial charge in [0.1, 0.15) is 16.8 Å². The lowest BCUT2D eigenvalue weighted by Gasteiger charge is -2.23. The monoisotopic (exact) mass is 362 g/mol. The Balaban J connectivity index is 1.85. The molecule has 25 heavy (non-hydrogen) atoms. The molecule has 1 amide bonds. The van der Waals surface area contributed by atoms with Crippen LogP contribution in [0.3, 0.4) is 0 Å². The van der Waals surface area contributed by atoms with Crippen molar-refractivity contribution < 1.29 is 17.6 Å². The first-order valence-corrected chi connectivity index (χ1v) is 9.47. The maximum Gasteiger partial charge on any atom is 0.246 e. The first-order chi connectivity index (χ1) is 11.9. The Labute approximate surface area is 146 Å². The highest BCUT2D eigenvalue weighted by atomic mass is 32.2. The second-order valence-corrected chi connectivity index (χ2v) is 7.92. The molecule has 0 radical (unpaired) electrons. The second-order valence-electron chi connectivity index (χ2n) is 6.06. The lowest BCUT2D eigenvalue weighted by molar-refractivity contribution is -0.119. The molecule has 132 valence electrons. The highest BCUT2D eigenvalue weighted by Crippen LogP contribution is 2.28. The van der Waals surface area contributed by atoms with E-state index in [9.17, 15) is 17.6 Å². The fourth-order valence-electron chi connectivity index (χ4n) is 3.02. The Morgan fingerprint density at radius 3 is 2.68 bits per heavy atom. The molecule has 1 aliphatic heterocycles. The molecule has 0 aliphatic carbocycles. The normalized spacial score (nSPS) is 18.2. The Hall–Kier alpha value is -2.25. The zero-order valence-corrected chi connectivity index (χ0v) is 14.6. The number of carbonyl (C=O) groups is 1. The Morgan fingerprint density at radius 1 is 1.20 bits per heavy atom. The summed E-state index contributed by atoms with van der Waals surface area (Å²) >= 11 is 0. The van der Waals surface area contributed by atoms with Crippen molar-refractivity contribution in [3.63, 3.8) is 0 Å². The van der Waals surface area contributed by atoms with Crippen LogP contribution in [0.4, 0.5) is 10.1 Å². The molecule has 0 spiro atoms. The van der Waals surface area contributed by atoms with Gasteiger partial charge in [0.25, 0.3) is 0 Å². The fraction of sp³-hybridized carbons (Fsp3) is 0.278. The molecule has 7 heteroatoms. The summed E-state index contributed by atoms with van der Waals surface area (Å²) < 4.78 is 40.6. The highest BCUT2D eigenvalue weighted by molar-refractivity contribution is 7.89. The van der Waals surface area contributed by atoms with Crippen molar-refractivity contribution in [1.82, 2.24) is 4.31 Å². The van der Waals surface area contributed by atoms with E-state index in [1.165, 1.54) is 18.2 Å². The number of sulfonamides is 1. The molecule has 1 atom stereocenters. The van der Waals surface area contributed by atoms with Gasteiger partial charge in [0, 0.05) is 12.2 Å². The van der Waals surface area contributed by atoms with Gasteiger partial charge in [0.2, 0.25) is 15.9 Å². The van der Waals surface area contributed by atoms with E-state index in [1.54, 1.807) is 6.07 Å². The van der Waals surface area contributed by atoms with Crippen molar-refractivity contribution in [1.29, 1.82) is 0 Å². The van der Waals surface area contributed by atoms with Gasteiger partial charge in [0.15, 0.2) is 0 Å². The van der Waals surface area contributed by atoms with Gasteiger partial charge in [-0.05, 0) is 49.6 Å². The number of aryl methyl sites for hydroxylation is 1. The molecule has 0 saturated carbocycles. The summed E-state index contributed by atoms with van der Waals surface area (Å²) in [7, 11) is -4.07. The van der Waals surface area contributed by atoms with E-state index in [4.69, 9.17) is 0 Å². The SMILES string of the molecule is Cc1cccc(NC(=O)C2CCCN2S(=O)(=O)c2ccccc2F)c1. The number of anilines is 1. The molecule has 5 nitrogen and oxygen atoms in total. The maximum atomic E-state index is 14.0. The summed E-state index contributed by atoms with van der Waals surface area (Å²) in [6.07, 6.45) is 0.963. The molecule has 2 aromatic carbocycles. The molecule has 1 heterocycles. The van der Waals surface area contributed by atoms with E-state index < -0.39 is 32.7 Å². The number of benzene rings is 2. The van der Waals surface area contributed by atoms with Crippen LogP contribution >= 0.6 is 0 Å². The van der Waals surface area contributed by atoms with Crippen molar-refractivity contribution in [2.45, 2.75) is 30.7 Å². The van der Waals surface area contributed by atoms with Gasteiger partial charge in [0.05, 0.1) is 0 Å². The van der Waals surface area contributed by atoms with Gasteiger partial charge >= 0.3 is 0 Å². The molecule has 0 bridgehead atoms. The zero-order valence-electron chi connectivity index (χ0n) is 13.8. The average Bonchev–Trinajstić information content (AvgIpc) is 3.05. The predicted octanol–water partition coefficient (Wildman–Crippen LogP) is 2.93. The van der Waals surface area contributed by atoms with E-state index in [1.807, 2.05) is 25.1 Å². The first kappa shape index (κ1) is 17.6. The van der Waals surface area contributed by atoms with Crippen molar-refractivity contribution >= 4 is 21.6 Å². The molecule has 2 aromatic rings. The second kappa shape index (κ2) is 6.93. The summed E-state index contributed by atoms with van der Waals surface area (Å²) in [5, 5.41) is 2.75. The number of halogens is 1. The standard InChI is InChI=1S/C18H19FN2O3S/c1-13-6-4-7-14(12-13)20-18(22)16-9-5-11-21(16)25(23,24)17-10-3-2-8-15(17)19/h2-4,6-8,10,12,16H,5,9,11H2,1H3,(H,20,22). The minimum atomic E-state index is -4.07. The fourth-order valence-corrected chi connectivity index (χ4v) is 4.74. The van der Waals surface area contributed by atoms with E-state index in [2.05, 4.69) is 5.32 Å². The van der Waals surface area contributed by atoms with Crippen LogP contribution in [0.25, 0.3) is 0 Å². The number of hydrogen-bond acceptors (Lipinski definition) is 3. The van der Waals surface area contributed by atoms with Crippen LogP contribution in [0.5, 0.6) is 0 Å². The van der Waals surface area contributed by atoms with Crippen molar-refractivity contribution in [2.75, 3.05) is 11.9 Å². The minimum absolute atomic E-state index is 0.197. The molecule has 1 aliphatic rings. The number of hydrogen-bond donors (Lipinski definition) is 1. The van der Waals surface area contributed by atoms with E-state index in [0.717, 1.165) is 15.9 Å². The smallest absolute Gasteiger partial charge is 0.246 e. The molecule has 1 unspecified atom stereocenters. The van der Waals surface area contributed by atoms with Gasteiger partial charge in [-0.15, -0.1) is 0 Å². The van der Waals surface area contributed by atoms with E-state index in [-0.39, 0.29) is 6.54 Å². The van der Waals surface area contributed by atoms with Crippen LogP contribution < -0.4 is 5.32 Å². The minimum Gasteiger partial charge on any atom is -0.325 e. The predicted molar refractivity (Wildman–Crippen MR) is 93.1 cm³/mol. The van der Waals surface area contributed by atoms with Gasteiger partial charge in [-0.2, -0.15) is 4.31 Å². The Bertz CT molecular complexity index is 899. The van der Waals surface area contributed by atoms with Gasteiger partial charge in [-0.3, -0.25) is 4.79 Å².